The molecule has 1 rings (SSSR count). The third-order valence-corrected chi connectivity index (χ3v) is 2.71. The Balaban J connectivity index is 2.43. The van der Waals surface area contributed by atoms with Gasteiger partial charge < -0.3 is 24.1 Å². The lowest BCUT2D eigenvalue weighted by molar-refractivity contribution is -0.0716. The highest BCUT2D eigenvalue weighted by Gasteiger charge is 2.32. The number of rotatable bonds is 5. The standard InChI is InChI=1S/C12H20O7/c1-2-16-11(14)18-9-5-3-4-6-10(9)19-12(15)17-8-7-13/h9-10,13H,2-8H2,1H3. The number of hydrogen-bond acceptors (Lipinski definition) is 7. The summed E-state index contributed by atoms with van der Waals surface area (Å²) in [5, 5.41) is 8.53. The molecule has 0 aromatic carbocycles. The summed E-state index contributed by atoms with van der Waals surface area (Å²) in [7, 11) is 0. The van der Waals surface area contributed by atoms with Gasteiger partial charge in [0.25, 0.3) is 0 Å². The number of aliphatic hydroxyl groups is 1. The van der Waals surface area contributed by atoms with Gasteiger partial charge in [0.05, 0.1) is 13.2 Å². The molecule has 0 amide bonds. The second-order valence-electron chi connectivity index (χ2n) is 4.10. The first-order valence-corrected chi connectivity index (χ1v) is 6.45. The average molecular weight is 276 g/mol. The van der Waals surface area contributed by atoms with Gasteiger partial charge in [-0.1, -0.05) is 0 Å². The first-order valence-electron chi connectivity index (χ1n) is 6.45. The van der Waals surface area contributed by atoms with Gasteiger partial charge in [-0.2, -0.15) is 0 Å². The average Bonchev–Trinajstić information content (AvgIpc) is 2.39. The maximum atomic E-state index is 11.3. The second kappa shape index (κ2) is 8.58. The first kappa shape index (κ1) is 15.6. The molecule has 0 aromatic heterocycles. The van der Waals surface area contributed by atoms with Gasteiger partial charge in [0.2, 0.25) is 0 Å². The molecule has 0 heterocycles. The summed E-state index contributed by atoms with van der Waals surface area (Å²) in [5.41, 5.74) is 0. The molecule has 0 saturated heterocycles. The number of carbonyl (C=O) groups is 2. The largest absolute Gasteiger partial charge is 0.508 e. The van der Waals surface area contributed by atoms with E-state index in [4.69, 9.17) is 19.3 Å². The molecule has 1 saturated carbocycles. The predicted octanol–water partition coefficient (Wildman–Crippen LogP) is 1.62. The fraction of sp³-hybridized carbons (Fsp3) is 0.833. The molecule has 7 heteroatoms. The van der Waals surface area contributed by atoms with Crippen molar-refractivity contribution < 1.29 is 33.6 Å². The second-order valence-corrected chi connectivity index (χ2v) is 4.10. The smallest absolute Gasteiger partial charge is 0.435 e. The van der Waals surface area contributed by atoms with Gasteiger partial charge in [-0.15, -0.1) is 0 Å². The Morgan fingerprint density at radius 1 is 1.05 bits per heavy atom. The Kier molecular flexibility index (Phi) is 7.02. The topological polar surface area (TPSA) is 91.3 Å². The molecular formula is C12H20O7. The Morgan fingerprint density at radius 2 is 1.58 bits per heavy atom. The van der Waals surface area contributed by atoms with Crippen LogP contribution in [0.15, 0.2) is 0 Å². The van der Waals surface area contributed by atoms with Gasteiger partial charge in [0.15, 0.2) is 0 Å². The van der Waals surface area contributed by atoms with Crippen molar-refractivity contribution in [3.8, 4) is 0 Å². The van der Waals surface area contributed by atoms with E-state index in [1.54, 1.807) is 6.92 Å². The van der Waals surface area contributed by atoms with Crippen molar-refractivity contribution in [2.45, 2.75) is 44.8 Å². The van der Waals surface area contributed by atoms with E-state index in [0.29, 0.717) is 12.8 Å². The molecule has 0 bridgehead atoms. The van der Waals surface area contributed by atoms with Crippen LogP contribution in [0.25, 0.3) is 0 Å². The van der Waals surface area contributed by atoms with Crippen molar-refractivity contribution >= 4 is 12.3 Å². The molecule has 110 valence electrons. The Labute approximate surface area is 111 Å². The van der Waals surface area contributed by atoms with E-state index in [1.165, 1.54) is 0 Å². The summed E-state index contributed by atoms with van der Waals surface area (Å²) < 4.78 is 19.5. The van der Waals surface area contributed by atoms with E-state index in [2.05, 4.69) is 4.74 Å². The summed E-state index contributed by atoms with van der Waals surface area (Å²) in [6, 6.07) is 0. The zero-order valence-corrected chi connectivity index (χ0v) is 11.0. The minimum absolute atomic E-state index is 0.116. The Hall–Kier alpha value is -1.50. The minimum Gasteiger partial charge on any atom is -0.435 e. The Bertz CT molecular complexity index is 292. The summed E-state index contributed by atoms with van der Waals surface area (Å²) in [6.07, 6.45) is 0.370. The fourth-order valence-corrected chi connectivity index (χ4v) is 1.89. The SMILES string of the molecule is CCOC(=O)OC1CCCCC1OC(=O)OCCO. The summed E-state index contributed by atoms with van der Waals surface area (Å²) in [5.74, 6) is 0. The summed E-state index contributed by atoms with van der Waals surface area (Å²) >= 11 is 0. The third-order valence-electron chi connectivity index (χ3n) is 2.71. The number of aliphatic hydroxyl groups excluding tert-OH is 1. The lowest BCUT2D eigenvalue weighted by Gasteiger charge is -2.29. The maximum absolute atomic E-state index is 11.3. The van der Waals surface area contributed by atoms with Crippen LogP contribution in [0.1, 0.15) is 32.6 Å². The maximum Gasteiger partial charge on any atom is 0.508 e. The highest BCUT2D eigenvalue weighted by atomic mass is 16.8. The molecule has 7 nitrogen and oxygen atoms in total. The van der Waals surface area contributed by atoms with E-state index in [9.17, 15) is 9.59 Å². The molecule has 2 unspecified atom stereocenters. The van der Waals surface area contributed by atoms with Crippen molar-refractivity contribution in [2.75, 3.05) is 19.8 Å². The van der Waals surface area contributed by atoms with Gasteiger partial charge in [0, 0.05) is 0 Å². The molecule has 0 aromatic rings. The molecule has 2 atom stereocenters. The van der Waals surface area contributed by atoms with E-state index in [-0.39, 0.29) is 19.8 Å². The van der Waals surface area contributed by atoms with E-state index < -0.39 is 24.5 Å². The minimum atomic E-state index is -0.863. The van der Waals surface area contributed by atoms with Crippen LogP contribution in [0, 0.1) is 0 Å². The lowest BCUT2D eigenvalue weighted by atomic mass is 9.95. The molecule has 0 spiro atoms. The van der Waals surface area contributed by atoms with Crippen molar-refractivity contribution in [1.82, 2.24) is 0 Å². The highest BCUT2D eigenvalue weighted by Crippen LogP contribution is 2.24. The third kappa shape index (κ3) is 5.78. The van der Waals surface area contributed by atoms with Gasteiger partial charge in [-0.25, -0.2) is 9.59 Å². The molecular weight excluding hydrogens is 256 g/mol. The van der Waals surface area contributed by atoms with Crippen molar-refractivity contribution in [3.05, 3.63) is 0 Å². The van der Waals surface area contributed by atoms with Crippen LogP contribution in [-0.2, 0) is 18.9 Å². The first-order chi connectivity index (χ1) is 9.17. The van der Waals surface area contributed by atoms with E-state index >= 15 is 0 Å². The van der Waals surface area contributed by atoms with Crippen LogP contribution >= 0.6 is 0 Å². The molecule has 0 aliphatic heterocycles. The summed E-state index contributed by atoms with van der Waals surface area (Å²) in [4.78, 5) is 22.6. The lowest BCUT2D eigenvalue weighted by Crippen LogP contribution is -2.38. The molecule has 0 radical (unpaired) electrons. The number of ether oxygens (including phenoxy) is 4. The molecule has 1 aliphatic carbocycles. The van der Waals surface area contributed by atoms with E-state index in [0.717, 1.165) is 12.8 Å². The fourth-order valence-electron chi connectivity index (χ4n) is 1.89. The van der Waals surface area contributed by atoms with E-state index in [1.807, 2.05) is 0 Å². The monoisotopic (exact) mass is 276 g/mol. The van der Waals surface area contributed by atoms with Crippen LogP contribution < -0.4 is 0 Å². The zero-order chi connectivity index (χ0) is 14.1. The van der Waals surface area contributed by atoms with Crippen LogP contribution in [-0.4, -0.2) is 49.4 Å². The van der Waals surface area contributed by atoms with Gasteiger partial charge in [-0.05, 0) is 32.6 Å². The van der Waals surface area contributed by atoms with Crippen LogP contribution in [0.2, 0.25) is 0 Å². The summed E-state index contributed by atoms with van der Waals surface area (Å²) in [6.45, 7) is 1.54. The van der Waals surface area contributed by atoms with Crippen molar-refractivity contribution in [3.63, 3.8) is 0 Å². The van der Waals surface area contributed by atoms with Crippen LogP contribution in [0.4, 0.5) is 9.59 Å². The predicted molar refractivity (Wildman–Crippen MR) is 63.7 cm³/mol. The quantitative estimate of drug-likeness (QED) is 0.763. The van der Waals surface area contributed by atoms with Gasteiger partial charge in [0.1, 0.15) is 18.8 Å². The van der Waals surface area contributed by atoms with Gasteiger partial charge in [-0.3, -0.25) is 0 Å². The Morgan fingerprint density at radius 3 is 2.05 bits per heavy atom. The van der Waals surface area contributed by atoms with Gasteiger partial charge >= 0.3 is 12.3 Å². The number of carbonyl (C=O) groups excluding carboxylic acids is 2. The molecule has 19 heavy (non-hydrogen) atoms. The van der Waals surface area contributed by atoms with Crippen LogP contribution in [0.3, 0.4) is 0 Å². The molecule has 1 aliphatic rings. The van der Waals surface area contributed by atoms with Crippen molar-refractivity contribution in [2.24, 2.45) is 0 Å². The number of hydrogen-bond donors (Lipinski definition) is 1. The highest BCUT2D eigenvalue weighted by molar-refractivity contribution is 5.61. The molecule has 1 fully saturated rings. The van der Waals surface area contributed by atoms with Crippen LogP contribution in [0.5, 0.6) is 0 Å². The zero-order valence-electron chi connectivity index (χ0n) is 11.0. The normalized spacial score (nSPS) is 22.4. The molecule has 1 N–H and O–H groups in total. The van der Waals surface area contributed by atoms with Crippen molar-refractivity contribution in [1.29, 1.82) is 0 Å².